The molecular weight excluding hydrogens is 612 g/mol. The largest absolute Gasteiger partial charge is 0.408 e. The highest BCUT2D eigenvalue weighted by Crippen LogP contribution is 2.39. The number of nitrogens with zero attached hydrogens (tertiary/aromatic N) is 4. The molecule has 4 rings (SSSR count). The third-order valence-corrected chi connectivity index (χ3v) is 7.70. The number of pyridine rings is 1. The monoisotopic (exact) mass is 642 g/mol. The van der Waals surface area contributed by atoms with E-state index in [0.717, 1.165) is 0 Å². The van der Waals surface area contributed by atoms with Crippen molar-refractivity contribution >= 4 is 46.6 Å². The lowest BCUT2D eigenvalue weighted by Gasteiger charge is -2.40. The molecule has 0 radical (unpaired) electrons. The molecule has 3 heterocycles. The number of hydrogen-bond acceptors (Lipinski definition) is 7. The summed E-state index contributed by atoms with van der Waals surface area (Å²) in [4.78, 5) is 45.9. The molecule has 0 aliphatic carbocycles. The van der Waals surface area contributed by atoms with Gasteiger partial charge in [-0.15, -0.1) is 0 Å². The number of fused-ring (bicyclic) bond motifs is 1. The quantitative estimate of drug-likeness (QED) is 0.409. The molecule has 1 fully saturated rings. The van der Waals surface area contributed by atoms with Gasteiger partial charge in [0.1, 0.15) is 18.0 Å². The van der Waals surface area contributed by atoms with Gasteiger partial charge in [0.05, 0.1) is 24.5 Å². The van der Waals surface area contributed by atoms with E-state index in [-0.39, 0.29) is 44.9 Å². The molecule has 2 atom stereocenters. The Hall–Kier alpha value is -3.26. The van der Waals surface area contributed by atoms with Gasteiger partial charge in [0, 0.05) is 47.9 Å². The number of nitrogens with two attached hydrogens (primary N) is 1. The molecule has 3 amide bonds. The number of rotatable bonds is 10. The molecule has 2 aliphatic rings. The summed E-state index contributed by atoms with van der Waals surface area (Å²) < 4.78 is 45.7. The van der Waals surface area contributed by atoms with E-state index in [0.29, 0.717) is 26.3 Å². The first-order valence-electron chi connectivity index (χ1n) is 13.4. The van der Waals surface area contributed by atoms with Crippen LogP contribution in [0.3, 0.4) is 0 Å². The smallest absolute Gasteiger partial charge is 0.374 e. The minimum absolute atomic E-state index is 0.00697. The van der Waals surface area contributed by atoms with Crippen LogP contribution in [-0.4, -0.2) is 82.3 Å². The lowest BCUT2D eigenvalue weighted by Crippen LogP contribution is -2.62. The second-order valence-electron chi connectivity index (χ2n) is 11.1. The van der Waals surface area contributed by atoms with Gasteiger partial charge < -0.3 is 20.7 Å². The van der Waals surface area contributed by atoms with Crippen molar-refractivity contribution in [2.45, 2.75) is 51.1 Å². The zero-order valence-electron chi connectivity index (χ0n) is 23.5. The minimum Gasteiger partial charge on any atom is -0.374 e. The number of ether oxygens (including phenoxy) is 1. The Morgan fingerprint density at radius 1 is 1.21 bits per heavy atom. The Morgan fingerprint density at radius 2 is 1.95 bits per heavy atom. The number of hydrogen-bond donors (Lipinski definition) is 2. The normalized spacial score (nSPS) is 19.6. The van der Waals surface area contributed by atoms with Crippen LogP contribution in [0.15, 0.2) is 47.7 Å². The van der Waals surface area contributed by atoms with Crippen LogP contribution < -0.4 is 11.1 Å². The number of amides is 3. The predicted octanol–water partition coefficient (Wildman–Crippen LogP) is 3.35. The number of alkyl halides is 3. The highest BCUT2D eigenvalue weighted by Gasteiger charge is 2.56. The fourth-order valence-corrected chi connectivity index (χ4v) is 5.39. The van der Waals surface area contributed by atoms with Crippen LogP contribution in [0.5, 0.6) is 0 Å². The molecule has 43 heavy (non-hydrogen) atoms. The Labute approximate surface area is 256 Å². The first-order valence-corrected chi connectivity index (χ1v) is 14.1. The highest BCUT2D eigenvalue weighted by atomic mass is 35.5. The van der Waals surface area contributed by atoms with Crippen molar-refractivity contribution in [2.75, 3.05) is 26.2 Å². The van der Waals surface area contributed by atoms with Crippen LogP contribution in [0.4, 0.5) is 13.2 Å². The van der Waals surface area contributed by atoms with Gasteiger partial charge in [0.25, 0.3) is 5.91 Å². The number of nitrogens with one attached hydrogen (secondary N) is 1. The van der Waals surface area contributed by atoms with Crippen molar-refractivity contribution in [3.05, 3.63) is 63.9 Å². The summed E-state index contributed by atoms with van der Waals surface area (Å²) in [5, 5.41) is 7.86. The van der Waals surface area contributed by atoms with Gasteiger partial charge in [0.2, 0.25) is 11.8 Å². The van der Waals surface area contributed by atoms with Crippen LogP contribution in [-0.2, 0) is 32.1 Å². The third-order valence-electron chi connectivity index (χ3n) is 7.11. The average Bonchev–Trinajstić information content (AvgIpc) is 3.17. The molecule has 1 aromatic heterocycles. The van der Waals surface area contributed by atoms with Gasteiger partial charge in [-0.05, 0) is 43.7 Å². The molecule has 2 aromatic rings. The van der Waals surface area contributed by atoms with Crippen molar-refractivity contribution < 1.29 is 32.3 Å². The van der Waals surface area contributed by atoms with E-state index in [9.17, 15) is 27.6 Å². The number of piperidine rings is 1. The van der Waals surface area contributed by atoms with E-state index < -0.39 is 47.4 Å². The van der Waals surface area contributed by atoms with Gasteiger partial charge in [0.15, 0.2) is 0 Å². The summed E-state index contributed by atoms with van der Waals surface area (Å²) in [6, 6.07) is 8.61. The maximum absolute atomic E-state index is 13.9. The summed E-state index contributed by atoms with van der Waals surface area (Å²) in [7, 11) is 0. The number of aromatic nitrogens is 1. The van der Waals surface area contributed by atoms with Gasteiger partial charge in [-0.2, -0.15) is 18.3 Å². The molecule has 232 valence electrons. The lowest BCUT2D eigenvalue weighted by atomic mass is 9.74. The summed E-state index contributed by atoms with van der Waals surface area (Å²) in [6.07, 6.45) is -3.19. The summed E-state index contributed by atoms with van der Waals surface area (Å²) in [5.74, 6) is -2.10. The molecule has 1 saturated heterocycles. The summed E-state index contributed by atoms with van der Waals surface area (Å²) >= 11 is 12.2. The number of halogens is 5. The third kappa shape index (κ3) is 7.83. The van der Waals surface area contributed by atoms with E-state index in [1.807, 2.05) is 0 Å². The lowest BCUT2D eigenvalue weighted by molar-refractivity contribution is -0.164. The van der Waals surface area contributed by atoms with Crippen molar-refractivity contribution in [2.24, 2.45) is 16.3 Å². The molecule has 0 saturated carbocycles. The van der Waals surface area contributed by atoms with E-state index in [1.165, 1.54) is 31.0 Å². The molecule has 3 N–H and O–H groups in total. The first kappa shape index (κ1) is 32.6. The maximum Gasteiger partial charge on any atom is 0.408 e. The molecular formula is C28H31Cl2F3N6O4. The predicted molar refractivity (Wildman–Crippen MR) is 153 cm³/mol. The Bertz CT molecular complexity index is 1400. The average molecular weight is 643 g/mol. The van der Waals surface area contributed by atoms with Gasteiger partial charge >= 0.3 is 6.18 Å². The zero-order chi connectivity index (χ0) is 31.6. The summed E-state index contributed by atoms with van der Waals surface area (Å²) in [6.45, 7) is 0.877. The topological polar surface area (TPSA) is 130 Å². The Morgan fingerprint density at radius 3 is 2.58 bits per heavy atom. The SMILES string of the molecule is CC(C)(N)C(=O)N[C@H](COCc1ccc(Cl)cc1Cl)C(=O)N1CCC2=NN(CC(F)(F)F)C(=O)C2(Cc2ccccn2)C1. The zero-order valence-corrected chi connectivity index (χ0v) is 25.0. The second kappa shape index (κ2) is 12.8. The molecule has 15 heteroatoms. The van der Waals surface area contributed by atoms with Crippen LogP contribution >= 0.6 is 23.2 Å². The molecule has 1 aromatic carbocycles. The molecule has 0 bridgehead atoms. The standard InChI is InChI=1S/C28H31Cl2F3N6O4/c1-26(2,34)24(41)36-21(14-43-13-17-6-7-18(29)11-20(17)30)23(40)38-10-8-22-27(15-38,12-19-5-3-4-9-35-19)25(42)39(37-22)16-28(31,32)33/h3-7,9,11,21H,8,10,12-16,34H2,1-2H3,(H,36,41)/t21-,27?/m1/s1. The van der Waals surface area contributed by atoms with E-state index in [1.54, 1.807) is 30.3 Å². The molecule has 10 nitrogen and oxygen atoms in total. The fourth-order valence-electron chi connectivity index (χ4n) is 4.93. The van der Waals surface area contributed by atoms with Crippen LogP contribution in [0, 0.1) is 5.41 Å². The number of carbonyl (C=O) groups excluding carboxylic acids is 3. The van der Waals surface area contributed by atoms with Crippen molar-refractivity contribution in [3.8, 4) is 0 Å². The fraction of sp³-hybridized carbons (Fsp3) is 0.464. The van der Waals surface area contributed by atoms with Crippen molar-refractivity contribution in [1.29, 1.82) is 0 Å². The molecule has 0 spiro atoms. The first-order chi connectivity index (χ1) is 20.1. The number of benzene rings is 1. The number of hydrazone groups is 1. The molecule has 1 unspecified atom stereocenters. The van der Waals surface area contributed by atoms with Crippen LogP contribution in [0.2, 0.25) is 10.0 Å². The van der Waals surface area contributed by atoms with Gasteiger partial charge in [-0.1, -0.05) is 35.3 Å². The number of likely N-dealkylation sites (tertiary alicyclic amines) is 1. The van der Waals surface area contributed by atoms with Crippen LogP contribution in [0.1, 0.15) is 31.5 Å². The van der Waals surface area contributed by atoms with Crippen molar-refractivity contribution in [1.82, 2.24) is 20.2 Å². The van der Waals surface area contributed by atoms with E-state index in [4.69, 9.17) is 33.7 Å². The number of carbonyl (C=O) groups is 3. The van der Waals surface area contributed by atoms with Crippen molar-refractivity contribution in [3.63, 3.8) is 0 Å². The van der Waals surface area contributed by atoms with Gasteiger partial charge in [-0.3, -0.25) is 19.4 Å². The Kier molecular flexibility index (Phi) is 9.69. The van der Waals surface area contributed by atoms with Gasteiger partial charge in [-0.25, -0.2) is 5.01 Å². The molecule has 2 aliphatic heterocycles. The van der Waals surface area contributed by atoms with Crippen LogP contribution in [0.25, 0.3) is 0 Å². The van der Waals surface area contributed by atoms with E-state index in [2.05, 4.69) is 15.4 Å². The second-order valence-corrected chi connectivity index (χ2v) is 12.0. The summed E-state index contributed by atoms with van der Waals surface area (Å²) in [5.41, 5.74) is 4.34. The highest BCUT2D eigenvalue weighted by molar-refractivity contribution is 6.35. The Balaban J connectivity index is 1.59. The van der Waals surface area contributed by atoms with E-state index >= 15 is 0 Å². The minimum atomic E-state index is -4.68. The maximum atomic E-state index is 13.9.